The first-order chi connectivity index (χ1) is 31.1. The number of phosphoric acid groups is 1. The molecule has 0 aliphatic rings. The summed E-state index contributed by atoms with van der Waals surface area (Å²) in [6, 6.07) is 47.2. The van der Waals surface area contributed by atoms with Crippen molar-refractivity contribution >= 4 is 31.7 Å². The predicted molar refractivity (Wildman–Crippen MR) is 237 cm³/mol. The van der Waals surface area contributed by atoms with Gasteiger partial charge in [-0.1, -0.05) is 158 Å². The Morgan fingerprint density at radius 2 is 0.953 bits per heavy atom. The van der Waals surface area contributed by atoms with Gasteiger partial charge in [-0.3, -0.25) is 18.6 Å². The van der Waals surface area contributed by atoms with Gasteiger partial charge < -0.3 is 35.1 Å². The molecule has 0 unspecified atom stereocenters. The second kappa shape index (κ2) is 23.8. The molecule has 0 spiro atoms. The van der Waals surface area contributed by atoms with E-state index < -0.39 is 50.2 Å². The van der Waals surface area contributed by atoms with Gasteiger partial charge in [0.2, 0.25) is 11.8 Å². The quantitative estimate of drug-likeness (QED) is 0.0416. The second-order valence-electron chi connectivity index (χ2n) is 14.4. The third kappa shape index (κ3) is 15.3. The Balaban J connectivity index is 1.26. The van der Waals surface area contributed by atoms with Gasteiger partial charge in [0.1, 0.15) is 31.9 Å². The highest BCUT2D eigenvalue weighted by Crippen LogP contribution is 2.53. The lowest BCUT2D eigenvalue weighted by molar-refractivity contribution is -0.149. The Bertz CT molecular complexity index is 2420. The smallest absolute Gasteiger partial charge is 0.485 e. The van der Waals surface area contributed by atoms with Crippen LogP contribution < -0.4 is 25.6 Å². The van der Waals surface area contributed by atoms with E-state index in [-0.39, 0.29) is 51.0 Å². The van der Waals surface area contributed by atoms with Crippen LogP contribution in [-0.2, 0) is 76.9 Å². The maximum absolute atomic E-state index is 14.4. The zero-order valence-electron chi connectivity index (χ0n) is 34.8. The highest BCUT2D eigenvalue weighted by Gasteiger charge is 2.33. The fourth-order valence-corrected chi connectivity index (χ4v) is 7.30. The van der Waals surface area contributed by atoms with E-state index >= 15 is 0 Å². The minimum Gasteiger partial charge on any atom is -0.485 e. The summed E-state index contributed by atoms with van der Waals surface area (Å²) in [7, 11) is -4.36. The number of alkyl carbamates (subject to hydrolysis) is 1. The first-order valence-electron chi connectivity index (χ1n) is 20.3. The molecule has 6 aromatic rings. The fraction of sp³-hybridized carbons (Fsp3) is 0.184. The van der Waals surface area contributed by atoms with Crippen LogP contribution in [0.2, 0.25) is 0 Å². The Labute approximate surface area is 371 Å². The van der Waals surface area contributed by atoms with Crippen molar-refractivity contribution < 1.29 is 51.5 Å². The Morgan fingerprint density at radius 3 is 1.44 bits per heavy atom. The second-order valence-corrected chi connectivity index (χ2v) is 16.0. The molecule has 3 amide bonds. The SMILES string of the molecule is NC(=O)C[C@H](NC(=O)OCc1ccccc1)C(=O)N[C@@H](Cc1ccc(OP(=O)(OCc2ccccc2)OCc2ccccc2)c(OCc2ccccc2)c1)C(=O)OCc1ccccc1. The van der Waals surface area contributed by atoms with Crippen LogP contribution in [0.5, 0.6) is 11.5 Å². The van der Waals surface area contributed by atoms with Crippen LogP contribution in [0.25, 0.3) is 0 Å². The summed E-state index contributed by atoms with van der Waals surface area (Å²) in [5, 5.41) is 5.02. The van der Waals surface area contributed by atoms with E-state index in [0.717, 1.165) is 16.7 Å². The van der Waals surface area contributed by atoms with E-state index in [0.29, 0.717) is 16.7 Å². The van der Waals surface area contributed by atoms with Crippen molar-refractivity contribution in [2.24, 2.45) is 5.73 Å². The average Bonchev–Trinajstić information content (AvgIpc) is 3.32. The third-order valence-corrected chi connectivity index (χ3v) is 10.7. The van der Waals surface area contributed by atoms with E-state index in [1.807, 2.05) is 103 Å². The molecule has 0 saturated heterocycles. The number of carbonyl (C=O) groups is 4. The van der Waals surface area contributed by atoms with Crippen molar-refractivity contribution in [1.82, 2.24) is 10.6 Å². The summed E-state index contributed by atoms with van der Waals surface area (Å²) in [6.07, 6.45) is -1.75. The molecule has 64 heavy (non-hydrogen) atoms. The van der Waals surface area contributed by atoms with Crippen LogP contribution in [0.3, 0.4) is 0 Å². The highest BCUT2D eigenvalue weighted by atomic mass is 31.2. The molecule has 2 atom stereocenters. The van der Waals surface area contributed by atoms with Gasteiger partial charge in [-0.2, -0.15) is 0 Å². The zero-order chi connectivity index (χ0) is 45.0. The van der Waals surface area contributed by atoms with Crippen molar-refractivity contribution in [3.8, 4) is 11.5 Å². The van der Waals surface area contributed by atoms with Crippen molar-refractivity contribution in [2.75, 3.05) is 0 Å². The number of phosphoric ester groups is 1. The van der Waals surface area contributed by atoms with E-state index in [9.17, 15) is 23.7 Å². The third-order valence-electron chi connectivity index (χ3n) is 9.41. The van der Waals surface area contributed by atoms with Crippen LogP contribution in [0.15, 0.2) is 170 Å². The van der Waals surface area contributed by atoms with Crippen LogP contribution >= 0.6 is 7.82 Å². The van der Waals surface area contributed by atoms with Gasteiger partial charge >= 0.3 is 19.9 Å². The van der Waals surface area contributed by atoms with Gasteiger partial charge in [0.25, 0.3) is 0 Å². The van der Waals surface area contributed by atoms with Gasteiger partial charge in [-0.25, -0.2) is 14.2 Å². The number of esters is 1. The molecule has 0 aliphatic carbocycles. The van der Waals surface area contributed by atoms with E-state index in [2.05, 4.69) is 10.6 Å². The van der Waals surface area contributed by atoms with Gasteiger partial charge in [0.05, 0.1) is 19.6 Å². The molecule has 0 saturated carbocycles. The normalized spacial score (nSPS) is 11.9. The number of primary amides is 1. The largest absolute Gasteiger partial charge is 0.530 e. The molecular weight excluding hydrogens is 838 g/mol. The monoisotopic (exact) mass is 885 g/mol. The van der Waals surface area contributed by atoms with Gasteiger partial charge in [-0.05, 0) is 45.5 Å². The summed E-state index contributed by atoms with van der Waals surface area (Å²) >= 11 is 0. The first-order valence-corrected chi connectivity index (χ1v) is 21.8. The summed E-state index contributed by atoms with van der Waals surface area (Å²) in [5.74, 6) is -2.48. The number of amides is 3. The highest BCUT2D eigenvalue weighted by molar-refractivity contribution is 7.48. The molecule has 4 N–H and O–H groups in total. The number of benzene rings is 6. The molecule has 15 heteroatoms. The van der Waals surface area contributed by atoms with E-state index in [4.69, 9.17) is 33.5 Å². The predicted octanol–water partition coefficient (Wildman–Crippen LogP) is 8.13. The van der Waals surface area contributed by atoms with Crippen molar-refractivity contribution in [2.45, 2.75) is 58.0 Å². The van der Waals surface area contributed by atoms with Gasteiger partial charge in [0.15, 0.2) is 11.5 Å². The molecule has 0 aliphatic heterocycles. The minimum absolute atomic E-state index is 0.0103. The number of rotatable bonds is 23. The average molecular weight is 886 g/mol. The Hall–Kier alpha value is -7.25. The molecule has 6 aromatic carbocycles. The zero-order valence-corrected chi connectivity index (χ0v) is 35.7. The maximum atomic E-state index is 14.4. The first kappa shape index (κ1) is 46.3. The standard InChI is InChI=1S/C49H48N3O11P/c50-46(53)30-42(52-49(56)60-33-38-20-10-3-11-21-38)47(54)51-43(48(55)59-32-37-18-8-2-9-19-37)28-41-26-27-44(45(29-41)58-31-36-16-6-1-7-17-36)63-64(57,61-34-39-22-12-4-13-23-39)62-35-40-24-14-5-15-25-40/h1-27,29,42-43H,28,30-35H2,(H2,50,53)(H,51,54)(H,52,56)/t42-,43-/m0/s1. The van der Waals surface area contributed by atoms with E-state index in [1.165, 1.54) is 6.07 Å². The topological polar surface area (TPSA) is 191 Å². The van der Waals surface area contributed by atoms with Crippen molar-refractivity contribution in [3.63, 3.8) is 0 Å². The van der Waals surface area contributed by atoms with Crippen LogP contribution in [0.1, 0.15) is 39.8 Å². The maximum Gasteiger partial charge on any atom is 0.530 e. The molecule has 0 aromatic heterocycles. The van der Waals surface area contributed by atoms with E-state index in [1.54, 1.807) is 60.7 Å². The summed E-state index contributed by atoms with van der Waals surface area (Å²) in [4.78, 5) is 52.6. The van der Waals surface area contributed by atoms with Gasteiger partial charge in [-0.15, -0.1) is 0 Å². The van der Waals surface area contributed by atoms with Crippen molar-refractivity contribution in [3.05, 3.63) is 203 Å². The lowest BCUT2D eigenvalue weighted by Crippen LogP contribution is -2.53. The summed E-state index contributed by atoms with van der Waals surface area (Å²) in [6.45, 7) is -0.322. The van der Waals surface area contributed by atoms with Crippen LogP contribution in [0, 0.1) is 0 Å². The summed E-state index contributed by atoms with van der Waals surface area (Å²) < 4.78 is 49.5. The minimum atomic E-state index is -4.36. The molecular formula is C49H48N3O11P. The summed E-state index contributed by atoms with van der Waals surface area (Å²) in [5.41, 5.74) is 9.59. The number of carbonyl (C=O) groups excluding carboxylic acids is 4. The Morgan fingerprint density at radius 1 is 0.500 bits per heavy atom. The lowest BCUT2D eigenvalue weighted by Gasteiger charge is -2.23. The molecule has 0 radical (unpaired) electrons. The Kier molecular flexibility index (Phi) is 17.2. The molecule has 6 rings (SSSR count). The molecule has 330 valence electrons. The molecule has 0 bridgehead atoms. The molecule has 0 heterocycles. The lowest BCUT2D eigenvalue weighted by atomic mass is 10.0. The molecule has 0 fully saturated rings. The number of hydrogen-bond acceptors (Lipinski definition) is 11. The van der Waals surface area contributed by atoms with Crippen LogP contribution in [-0.4, -0.2) is 36.0 Å². The van der Waals surface area contributed by atoms with Crippen molar-refractivity contribution in [1.29, 1.82) is 0 Å². The number of nitrogens with two attached hydrogens (primary N) is 1. The number of hydrogen-bond donors (Lipinski definition) is 3. The molecule has 14 nitrogen and oxygen atoms in total. The van der Waals surface area contributed by atoms with Crippen LogP contribution in [0.4, 0.5) is 4.79 Å². The van der Waals surface area contributed by atoms with Gasteiger partial charge in [0, 0.05) is 6.42 Å². The number of nitrogens with one attached hydrogen (secondary N) is 2. The fourth-order valence-electron chi connectivity index (χ4n) is 6.12. The number of ether oxygens (including phenoxy) is 3.